The molecule has 0 aromatic carbocycles. The van der Waals surface area contributed by atoms with E-state index in [1.807, 2.05) is 0 Å². The van der Waals surface area contributed by atoms with Crippen molar-refractivity contribution in [3.8, 4) is 0 Å². The molecule has 4 nitrogen and oxygen atoms in total. The van der Waals surface area contributed by atoms with Gasteiger partial charge in [-0.1, -0.05) is 0 Å². The Labute approximate surface area is 213 Å². The first-order valence-corrected chi connectivity index (χ1v) is 10.5. The lowest BCUT2D eigenvalue weighted by Crippen LogP contribution is -2.74. The van der Waals surface area contributed by atoms with Gasteiger partial charge in [0.15, 0.2) is 6.61 Å². The van der Waals surface area contributed by atoms with E-state index < -0.39 is 90.0 Å². The van der Waals surface area contributed by atoms with E-state index in [0.29, 0.717) is 5.06 Å². The molecule has 237 valence electrons. The maximum atomic E-state index is 14.0. The maximum Gasteiger partial charge on any atom is 0.460 e. The lowest BCUT2D eigenvalue weighted by molar-refractivity contribution is -0.462. The molecule has 0 N–H and O–H groups in total. The number of piperidine rings is 1. The molecule has 0 bridgehead atoms. The second kappa shape index (κ2) is 9.62. The van der Waals surface area contributed by atoms with Crippen LogP contribution in [-0.2, 0) is 14.7 Å². The minimum absolute atomic E-state index is 0.466. The summed E-state index contributed by atoms with van der Waals surface area (Å²) in [6.07, 6.45) is -8.88. The molecule has 1 aliphatic rings. The Morgan fingerprint density at radius 1 is 0.625 bits per heavy atom. The Morgan fingerprint density at radius 3 is 1.25 bits per heavy atom. The molecule has 0 amide bonds. The third kappa shape index (κ3) is 5.16. The number of hydrogen-bond donors (Lipinski definition) is 0. The molecule has 1 heterocycles. The first-order chi connectivity index (χ1) is 17.1. The van der Waals surface area contributed by atoms with E-state index in [1.165, 1.54) is 27.7 Å². The maximum absolute atomic E-state index is 14.0. The second-order valence-electron chi connectivity index (χ2n) is 10.3. The number of carbonyl (C=O) groups excluding carboxylic acids is 1. The van der Waals surface area contributed by atoms with Crippen molar-refractivity contribution >= 4 is 5.97 Å². The number of carbonyl (C=O) groups is 1. The van der Waals surface area contributed by atoms with Gasteiger partial charge in [-0.2, -0.15) is 74.6 Å². The van der Waals surface area contributed by atoms with Crippen molar-refractivity contribution < 1.29 is 89.4 Å². The summed E-state index contributed by atoms with van der Waals surface area (Å²) in [6, 6.07) is 0. The number of hydroxylamine groups is 2. The number of nitrogens with zero attached hydrogens (tertiary/aromatic N) is 1. The minimum atomic E-state index is -8.73. The molecule has 1 saturated heterocycles. The average molecular weight is 632 g/mol. The van der Waals surface area contributed by atoms with Crippen LogP contribution in [0.15, 0.2) is 0 Å². The minimum Gasteiger partial charge on any atom is -0.459 e. The molecule has 0 aromatic rings. The topological polar surface area (TPSA) is 49.4 Å². The second-order valence-corrected chi connectivity index (χ2v) is 10.3. The number of ether oxygens (including phenoxy) is 1. The highest BCUT2D eigenvalue weighted by molar-refractivity contribution is 5.73. The summed E-state index contributed by atoms with van der Waals surface area (Å²) in [5, 5.41) is 12.7. The van der Waals surface area contributed by atoms with Crippen LogP contribution in [0.25, 0.3) is 0 Å². The summed E-state index contributed by atoms with van der Waals surface area (Å²) >= 11 is 0. The number of alkyl halides is 17. The van der Waals surface area contributed by atoms with E-state index in [-0.39, 0.29) is 0 Å². The van der Waals surface area contributed by atoms with Crippen molar-refractivity contribution in [3.05, 3.63) is 0 Å². The zero-order valence-electron chi connectivity index (χ0n) is 20.3. The lowest BCUT2D eigenvalue weighted by atomic mass is 9.75. The highest BCUT2D eigenvalue weighted by atomic mass is 19.4. The van der Waals surface area contributed by atoms with Crippen molar-refractivity contribution in [3.63, 3.8) is 0 Å². The van der Waals surface area contributed by atoms with Crippen LogP contribution in [-0.4, -0.2) is 76.4 Å². The molecular weight excluding hydrogens is 613 g/mol. The van der Waals surface area contributed by atoms with Crippen LogP contribution in [0.2, 0.25) is 0 Å². The summed E-state index contributed by atoms with van der Waals surface area (Å²) in [7, 11) is 0. The third-order valence-electron chi connectivity index (χ3n) is 6.11. The lowest BCUT2D eigenvalue weighted by Gasteiger charge is -2.49. The third-order valence-corrected chi connectivity index (χ3v) is 6.11. The number of esters is 1. The molecule has 21 heteroatoms. The van der Waals surface area contributed by atoms with Gasteiger partial charge in [0.25, 0.3) is 0 Å². The molecule has 0 unspecified atom stereocenters. The normalized spacial score (nSPS) is 20.9. The zero-order chi connectivity index (χ0) is 32.6. The van der Waals surface area contributed by atoms with E-state index in [0.717, 1.165) is 0 Å². The van der Waals surface area contributed by atoms with Gasteiger partial charge in [0.2, 0.25) is 0 Å². The Balaban J connectivity index is 3.36. The predicted molar refractivity (Wildman–Crippen MR) is 95.1 cm³/mol. The van der Waals surface area contributed by atoms with Gasteiger partial charge < -0.3 is 4.74 Å². The Hall–Kier alpha value is -1.80. The van der Waals surface area contributed by atoms with Crippen molar-refractivity contribution in [2.75, 3.05) is 6.61 Å². The van der Waals surface area contributed by atoms with E-state index in [4.69, 9.17) is 0 Å². The fourth-order valence-corrected chi connectivity index (χ4v) is 4.00. The van der Waals surface area contributed by atoms with Crippen LogP contribution in [0, 0.1) is 5.92 Å². The van der Waals surface area contributed by atoms with Gasteiger partial charge in [0, 0.05) is 11.1 Å². The van der Waals surface area contributed by atoms with Crippen molar-refractivity contribution in [2.24, 2.45) is 5.92 Å². The molecule has 1 aliphatic heterocycles. The molecule has 0 saturated carbocycles. The van der Waals surface area contributed by atoms with Crippen LogP contribution in [0.4, 0.5) is 74.6 Å². The van der Waals surface area contributed by atoms with E-state index in [2.05, 4.69) is 4.74 Å². The molecule has 1 radical (unpaired) electrons. The summed E-state index contributed by atoms with van der Waals surface area (Å²) in [5.41, 5.74) is -2.88. The van der Waals surface area contributed by atoms with Gasteiger partial charge >= 0.3 is 53.6 Å². The zero-order valence-corrected chi connectivity index (χ0v) is 20.3. The van der Waals surface area contributed by atoms with Crippen LogP contribution >= 0.6 is 0 Å². The van der Waals surface area contributed by atoms with Crippen molar-refractivity contribution in [1.29, 1.82) is 0 Å². The molecule has 40 heavy (non-hydrogen) atoms. The molecule has 0 aliphatic carbocycles. The number of rotatable bonds is 9. The predicted octanol–water partition coefficient (Wildman–Crippen LogP) is 7.15. The molecule has 1 rings (SSSR count). The van der Waals surface area contributed by atoms with Crippen molar-refractivity contribution in [1.82, 2.24) is 5.06 Å². The van der Waals surface area contributed by atoms with Gasteiger partial charge in [-0.05, 0) is 40.5 Å². The molecule has 0 spiro atoms. The smallest absolute Gasteiger partial charge is 0.459 e. The summed E-state index contributed by atoms with van der Waals surface area (Å²) < 4.78 is 230. The Morgan fingerprint density at radius 2 is 0.925 bits per heavy atom. The first-order valence-electron chi connectivity index (χ1n) is 10.5. The fraction of sp³-hybridized carbons (Fsp3) is 0.947. The monoisotopic (exact) mass is 632 g/mol. The standard InChI is InChI=1S/C19H19F17NO3/c1-10(2)5-8(6-11(3,4)37(10)39)9(38)40-7-12(20,21)13(22,23)14(24,25)15(26,27)16(28,29)17(30,31)18(32,33)19(34,35)36/h8H,5-7H2,1-4H3. The summed E-state index contributed by atoms with van der Waals surface area (Å²) in [4.78, 5) is 12.1. The SMILES string of the molecule is CC1(C)CC(C(=O)OCC(F)(F)C(F)(F)C(F)(F)C(F)(F)C(F)(F)C(F)(F)C(F)(F)C(F)(F)F)CC(C)(C)N1[O]. The molecule has 0 aromatic heterocycles. The quantitative estimate of drug-likeness (QED) is 0.201. The van der Waals surface area contributed by atoms with Gasteiger partial charge in [-0.25, -0.2) is 0 Å². The molecule has 1 fully saturated rings. The fourth-order valence-electron chi connectivity index (χ4n) is 4.00. The Kier molecular flexibility index (Phi) is 8.71. The highest BCUT2D eigenvalue weighted by Crippen LogP contribution is 2.64. The summed E-state index contributed by atoms with van der Waals surface area (Å²) in [6.45, 7) is 1.61. The first kappa shape index (κ1) is 36.2. The average Bonchev–Trinajstić information content (AvgIpc) is 2.73. The van der Waals surface area contributed by atoms with Crippen LogP contribution in [0.1, 0.15) is 40.5 Å². The van der Waals surface area contributed by atoms with Crippen LogP contribution < -0.4 is 0 Å². The van der Waals surface area contributed by atoms with Crippen LogP contribution in [0.3, 0.4) is 0 Å². The van der Waals surface area contributed by atoms with E-state index >= 15 is 0 Å². The highest BCUT2D eigenvalue weighted by Gasteiger charge is 2.95. The van der Waals surface area contributed by atoms with E-state index in [1.54, 1.807) is 0 Å². The largest absolute Gasteiger partial charge is 0.460 e. The van der Waals surface area contributed by atoms with Gasteiger partial charge in [0.05, 0.1) is 5.92 Å². The molecular formula is C19H19F17NO3. The molecule has 0 atom stereocenters. The summed E-state index contributed by atoms with van der Waals surface area (Å²) in [5.74, 6) is -61.0. The van der Waals surface area contributed by atoms with Crippen LogP contribution in [0.5, 0.6) is 0 Å². The number of halogens is 17. The number of hydrogen-bond acceptors (Lipinski definition) is 3. The van der Waals surface area contributed by atoms with E-state index in [9.17, 15) is 84.6 Å². The van der Waals surface area contributed by atoms with Crippen molar-refractivity contribution in [2.45, 2.75) is 99.2 Å². The van der Waals surface area contributed by atoms with Gasteiger partial charge in [-0.3, -0.25) is 4.79 Å². The Bertz CT molecular complexity index is 940. The van der Waals surface area contributed by atoms with Gasteiger partial charge in [0.1, 0.15) is 0 Å². The van der Waals surface area contributed by atoms with Gasteiger partial charge in [-0.15, -0.1) is 10.3 Å².